The Morgan fingerprint density at radius 1 is 1.00 bits per heavy atom. The number of anilines is 2. The third kappa shape index (κ3) is 4.68. The number of thiazole rings is 1. The molecule has 2 heterocycles. The first-order valence-electron chi connectivity index (χ1n) is 10.1. The minimum Gasteiger partial charge on any atom is -0.497 e. The number of piperidine rings is 1. The summed E-state index contributed by atoms with van der Waals surface area (Å²) in [5.41, 5.74) is 2.39. The van der Waals surface area contributed by atoms with Crippen LogP contribution in [0.3, 0.4) is 0 Å². The molecule has 0 atom stereocenters. The number of methoxy groups -OCH3 is 2. The van der Waals surface area contributed by atoms with E-state index >= 15 is 0 Å². The Bertz CT molecular complexity index is 1140. The van der Waals surface area contributed by atoms with E-state index in [1.54, 1.807) is 30.7 Å². The lowest BCUT2D eigenvalue weighted by molar-refractivity contribution is 0.346. The van der Waals surface area contributed by atoms with Crippen LogP contribution in [0.25, 0.3) is 11.3 Å². The van der Waals surface area contributed by atoms with Crippen LogP contribution in [0.15, 0.2) is 52.7 Å². The minimum absolute atomic E-state index is 0.327. The maximum absolute atomic E-state index is 12.8. The van der Waals surface area contributed by atoms with Crippen LogP contribution >= 0.6 is 11.3 Å². The molecule has 0 bridgehead atoms. The van der Waals surface area contributed by atoms with E-state index in [2.05, 4.69) is 10.3 Å². The van der Waals surface area contributed by atoms with Crippen molar-refractivity contribution in [1.29, 1.82) is 0 Å². The van der Waals surface area contributed by atoms with Gasteiger partial charge in [0, 0.05) is 30.1 Å². The van der Waals surface area contributed by atoms with E-state index in [-0.39, 0.29) is 0 Å². The summed E-state index contributed by atoms with van der Waals surface area (Å²) in [7, 11) is -0.209. The van der Waals surface area contributed by atoms with Crippen LogP contribution in [-0.4, -0.2) is 45.0 Å². The molecule has 2 aromatic carbocycles. The fourth-order valence-corrected chi connectivity index (χ4v) is 5.79. The number of hydrogen-bond donors (Lipinski definition) is 1. The van der Waals surface area contributed by atoms with E-state index in [0.29, 0.717) is 34.6 Å². The predicted molar refractivity (Wildman–Crippen MR) is 123 cm³/mol. The van der Waals surface area contributed by atoms with Gasteiger partial charge in [0.25, 0.3) is 0 Å². The van der Waals surface area contributed by atoms with Crippen molar-refractivity contribution in [3.8, 4) is 22.8 Å². The summed E-state index contributed by atoms with van der Waals surface area (Å²) in [6.45, 7) is 1.19. The average Bonchev–Trinajstić information content (AvgIpc) is 3.28. The SMILES string of the molecule is COc1ccc(OC)c(Nc2nc(-c3ccc(S(=O)(=O)N4CCCCC4)cc3)cs2)c1. The van der Waals surface area contributed by atoms with Gasteiger partial charge in [-0.15, -0.1) is 11.3 Å². The highest BCUT2D eigenvalue weighted by Gasteiger charge is 2.25. The van der Waals surface area contributed by atoms with Crippen molar-refractivity contribution >= 4 is 32.2 Å². The Morgan fingerprint density at radius 2 is 1.74 bits per heavy atom. The zero-order valence-electron chi connectivity index (χ0n) is 17.5. The number of nitrogens with zero attached hydrogens (tertiary/aromatic N) is 2. The summed E-state index contributed by atoms with van der Waals surface area (Å²) in [5, 5.41) is 5.90. The van der Waals surface area contributed by atoms with Crippen LogP contribution in [0, 0.1) is 0 Å². The molecule has 9 heteroatoms. The summed E-state index contributed by atoms with van der Waals surface area (Å²) in [4.78, 5) is 4.97. The number of rotatable bonds is 7. The van der Waals surface area contributed by atoms with Crippen molar-refractivity contribution in [3.05, 3.63) is 47.8 Å². The number of sulfonamides is 1. The molecule has 0 amide bonds. The molecule has 1 aromatic heterocycles. The fraction of sp³-hybridized carbons (Fsp3) is 0.318. The van der Waals surface area contributed by atoms with Crippen LogP contribution in [0.4, 0.5) is 10.8 Å². The van der Waals surface area contributed by atoms with Gasteiger partial charge in [-0.25, -0.2) is 13.4 Å². The molecule has 1 N–H and O–H groups in total. The first kappa shape index (κ1) is 21.6. The molecule has 4 rings (SSSR count). The molecule has 0 spiro atoms. The lowest BCUT2D eigenvalue weighted by Crippen LogP contribution is -2.35. The highest BCUT2D eigenvalue weighted by atomic mass is 32.2. The van der Waals surface area contributed by atoms with Crippen LogP contribution in [-0.2, 0) is 10.0 Å². The van der Waals surface area contributed by atoms with Crippen LogP contribution in [0.5, 0.6) is 11.5 Å². The molecule has 1 aliphatic heterocycles. The summed E-state index contributed by atoms with van der Waals surface area (Å²) in [6, 6.07) is 12.4. The van der Waals surface area contributed by atoms with E-state index in [4.69, 9.17) is 9.47 Å². The maximum Gasteiger partial charge on any atom is 0.243 e. The van der Waals surface area contributed by atoms with Crippen LogP contribution in [0.2, 0.25) is 0 Å². The first-order valence-corrected chi connectivity index (χ1v) is 12.4. The highest BCUT2D eigenvalue weighted by Crippen LogP contribution is 2.34. The molecule has 0 unspecified atom stereocenters. The van der Waals surface area contributed by atoms with Gasteiger partial charge in [-0.05, 0) is 37.1 Å². The Balaban J connectivity index is 1.52. The largest absolute Gasteiger partial charge is 0.497 e. The molecule has 1 aliphatic rings. The van der Waals surface area contributed by atoms with Crippen molar-refractivity contribution in [1.82, 2.24) is 9.29 Å². The van der Waals surface area contributed by atoms with Gasteiger partial charge in [-0.3, -0.25) is 0 Å². The summed E-state index contributed by atoms with van der Waals surface area (Å²) < 4.78 is 37.9. The van der Waals surface area contributed by atoms with Crippen molar-refractivity contribution in [2.24, 2.45) is 0 Å². The molecule has 7 nitrogen and oxygen atoms in total. The molecular formula is C22H25N3O4S2. The standard InChI is InChI=1S/C22H25N3O4S2/c1-28-17-8-11-21(29-2)19(14-17)23-22-24-20(15-30-22)16-6-9-18(10-7-16)31(26,27)25-12-4-3-5-13-25/h6-11,14-15H,3-5,12-13H2,1-2H3,(H,23,24). The number of benzene rings is 2. The second-order valence-electron chi connectivity index (χ2n) is 7.22. The molecule has 0 radical (unpaired) electrons. The first-order chi connectivity index (χ1) is 15.0. The van der Waals surface area contributed by atoms with Crippen molar-refractivity contribution in [2.75, 3.05) is 32.6 Å². The Kier molecular flexibility index (Phi) is 6.45. The fourth-order valence-electron chi connectivity index (χ4n) is 3.54. The smallest absolute Gasteiger partial charge is 0.243 e. The summed E-state index contributed by atoms with van der Waals surface area (Å²) in [6.07, 6.45) is 2.93. The topological polar surface area (TPSA) is 80.8 Å². The van der Waals surface area contributed by atoms with Crippen molar-refractivity contribution in [2.45, 2.75) is 24.2 Å². The lowest BCUT2D eigenvalue weighted by Gasteiger charge is -2.25. The van der Waals surface area contributed by atoms with Gasteiger partial charge in [0.1, 0.15) is 11.5 Å². The van der Waals surface area contributed by atoms with E-state index in [1.807, 2.05) is 35.7 Å². The molecule has 0 saturated carbocycles. The number of ether oxygens (including phenoxy) is 2. The molecular weight excluding hydrogens is 434 g/mol. The highest BCUT2D eigenvalue weighted by molar-refractivity contribution is 7.89. The molecule has 164 valence electrons. The summed E-state index contributed by atoms with van der Waals surface area (Å²) >= 11 is 1.46. The van der Waals surface area contributed by atoms with E-state index in [9.17, 15) is 8.42 Å². The number of aromatic nitrogens is 1. The molecule has 0 aliphatic carbocycles. The van der Waals surface area contributed by atoms with Gasteiger partial charge in [0.05, 0.1) is 30.5 Å². The van der Waals surface area contributed by atoms with E-state index in [1.165, 1.54) is 11.3 Å². The van der Waals surface area contributed by atoms with Crippen LogP contribution < -0.4 is 14.8 Å². The maximum atomic E-state index is 12.8. The molecule has 1 saturated heterocycles. The van der Waals surface area contributed by atoms with Crippen molar-refractivity contribution in [3.63, 3.8) is 0 Å². The van der Waals surface area contributed by atoms with Gasteiger partial charge < -0.3 is 14.8 Å². The second-order valence-corrected chi connectivity index (χ2v) is 10.0. The number of hydrogen-bond acceptors (Lipinski definition) is 7. The van der Waals surface area contributed by atoms with Gasteiger partial charge >= 0.3 is 0 Å². The van der Waals surface area contributed by atoms with E-state index in [0.717, 1.165) is 36.2 Å². The summed E-state index contributed by atoms with van der Waals surface area (Å²) in [5.74, 6) is 1.40. The third-order valence-corrected chi connectivity index (χ3v) is 7.93. The zero-order valence-corrected chi connectivity index (χ0v) is 19.1. The van der Waals surface area contributed by atoms with Crippen LogP contribution in [0.1, 0.15) is 19.3 Å². The average molecular weight is 460 g/mol. The molecule has 1 fully saturated rings. The Morgan fingerprint density at radius 3 is 2.42 bits per heavy atom. The third-order valence-electron chi connectivity index (χ3n) is 5.26. The second kappa shape index (κ2) is 9.25. The van der Waals surface area contributed by atoms with Crippen molar-refractivity contribution < 1.29 is 17.9 Å². The normalized spacial score (nSPS) is 14.9. The lowest BCUT2D eigenvalue weighted by atomic mass is 10.2. The zero-order chi connectivity index (χ0) is 21.8. The quantitative estimate of drug-likeness (QED) is 0.549. The van der Waals surface area contributed by atoms with Gasteiger partial charge in [-0.2, -0.15) is 4.31 Å². The Labute approximate surface area is 186 Å². The van der Waals surface area contributed by atoms with Gasteiger partial charge in [-0.1, -0.05) is 18.6 Å². The minimum atomic E-state index is -3.43. The van der Waals surface area contributed by atoms with E-state index < -0.39 is 10.0 Å². The van der Waals surface area contributed by atoms with Gasteiger partial charge in [0.2, 0.25) is 10.0 Å². The number of nitrogens with one attached hydrogen (secondary N) is 1. The monoisotopic (exact) mass is 459 g/mol. The molecule has 3 aromatic rings. The van der Waals surface area contributed by atoms with Gasteiger partial charge in [0.15, 0.2) is 5.13 Å². The Hall–Kier alpha value is -2.62. The molecule has 31 heavy (non-hydrogen) atoms. The predicted octanol–water partition coefficient (Wildman–Crippen LogP) is 4.75.